The molecule has 0 aromatic rings. The zero-order chi connectivity index (χ0) is 6.85. The van der Waals surface area contributed by atoms with Crippen LogP contribution < -0.4 is 0 Å². The van der Waals surface area contributed by atoms with Crippen LogP contribution in [0.3, 0.4) is 0 Å². The molecular weight excluding hydrogens is 114 g/mol. The molecule has 1 fully saturated rings. The van der Waals surface area contributed by atoms with Gasteiger partial charge in [-0.2, -0.15) is 0 Å². The van der Waals surface area contributed by atoms with Crippen molar-refractivity contribution in [3.05, 3.63) is 0 Å². The number of likely N-dealkylation sites (N-methyl/N-ethyl adjacent to an activating group) is 1. The highest BCUT2D eigenvalue weighted by Gasteiger charge is 2.26. The fourth-order valence-corrected chi connectivity index (χ4v) is 1.48. The Morgan fingerprint density at radius 3 is 2.33 bits per heavy atom. The minimum absolute atomic E-state index is 0.468. The summed E-state index contributed by atoms with van der Waals surface area (Å²) in [5.74, 6) is 0.708. The van der Waals surface area contributed by atoms with Crippen LogP contribution in [0.15, 0.2) is 0 Å². The van der Waals surface area contributed by atoms with Crippen molar-refractivity contribution in [2.45, 2.75) is 13.0 Å². The summed E-state index contributed by atoms with van der Waals surface area (Å²) in [5.41, 5.74) is 0. The standard InChI is InChI=1S/C7H15NO/c1-6-4-8(2)5-7(6)9-3/h6-7H,4-5H2,1-3H3/t6-,7+/m0/s1. The van der Waals surface area contributed by atoms with Crippen LogP contribution in [-0.4, -0.2) is 38.3 Å². The summed E-state index contributed by atoms with van der Waals surface area (Å²) >= 11 is 0. The minimum atomic E-state index is 0.468. The second kappa shape index (κ2) is 2.67. The van der Waals surface area contributed by atoms with Gasteiger partial charge in [0.25, 0.3) is 0 Å². The molecule has 1 heterocycles. The van der Waals surface area contributed by atoms with Crippen molar-refractivity contribution in [2.75, 3.05) is 27.2 Å². The summed E-state index contributed by atoms with van der Waals surface area (Å²) < 4.78 is 5.25. The summed E-state index contributed by atoms with van der Waals surface area (Å²) in [5, 5.41) is 0. The molecule has 1 aliphatic rings. The van der Waals surface area contributed by atoms with Gasteiger partial charge in [-0.15, -0.1) is 0 Å². The van der Waals surface area contributed by atoms with Gasteiger partial charge in [-0.1, -0.05) is 6.92 Å². The Morgan fingerprint density at radius 2 is 2.11 bits per heavy atom. The molecule has 54 valence electrons. The van der Waals surface area contributed by atoms with Gasteiger partial charge in [-0.25, -0.2) is 0 Å². The molecule has 2 nitrogen and oxygen atoms in total. The lowest BCUT2D eigenvalue weighted by molar-refractivity contribution is 0.0851. The normalized spacial score (nSPS) is 37.7. The Morgan fingerprint density at radius 1 is 1.44 bits per heavy atom. The molecule has 0 bridgehead atoms. The van der Waals surface area contributed by atoms with Crippen molar-refractivity contribution in [3.8, 4) is 0 Å². The van der Waals surface area contributed by atoms with Crippen LogP contribution in [0.4, 0.5) is 0 Å². The second-order valence-electron chi connectivity index (χ2n) is 2.97. The lowest BCUT2D eigenvalue weighted by Gasteiger charge is -2.10. The molecule has 1 rings (SSSR count). The van der Waals surface area contributed by atoms with Crippen LogP contribution in [0.25, 0.3) is 0 Å². The highest BCUT2D eigenvalue weighted by molar-refractivity contribution is 4.79. The van der Waals surface area contributed by atoms with Crippen LogP contribution in [-0.2, 0) is 4.74 Å². The first-order chi connectivity index (χ1) is 4.24. The third kappa shape index (κ3) is 1.43. The van der Waals surface area contributed by atoms with Gasteiger partial charge < -0.3 is 9.64 Å². The molecule has 1 aliphatic heterocycles. The van der Waals surface area contributed by atoms with Gasteiger partial charge in [0, 0.05) is 20.2 Å². The molecule has 0 aromatic heterocycles. The molecule has 0 aromatic carbocycles. The van der Waals surface area contributed by atoms with E-state index in [0.717, 1.165) is 6.54 Å². The van der Waals surface area contributed by atoms with Crippen LogP contribution in [0.1, 0.15) is 6.92 Å². The molecule has 0 amide bonds. The van der Waals surface area contributed by atoms with Gasteiger partial charge in [0.05, 0.1) is 6.10 Å². The van der Waals surface area contributed by atoms with E-state index in [1.807, 2.05) is 0 Å². The third-order valence-electron chi connectivity index (χ3n) is 2.03. The van der Waals surface area contributed by atoms with Crippen molar-refractivity contribution in [2.24, 2.45) is 5.92 Å². The van der Waals surface area contributed by atoms with E-state index in [4.69, 9.17) is 4.74 Å². The quantitative estimate of drug-likeness (QED) is 0.513. The fourth-order valence-electron chi connectivity index (χ4n) is 1.48. The summed E-state index contributed by atoms with van der Waals surface area (Å²) in [6.45, 7) is 4.51. The number of methoxy groups -OCH3 is 1. The van der Waals surface area contributed by atoms with E-state index in [2.05, 4.69) is 18.9 Å². The Kier molecular flexibility index (Phi) is 2.09. The maximum Gasteiger partial charge on any atom is 0.0735 e. The lowest BCUT2D eigenvalue weighted by atomic mass is 10.1. The van der Waals surface area contributed by atoms with Gasteiger partial charge >= 0.3 is 0 Å². The average molecular weight is 129 g/mol. The number of hydrogen-bond acceptors (Lipinski definition) is 2. The molecule has 2 heteroatoms. The van der Waals surface area contributed by atoms with Crippen LogP contribution in [0.2, 0.25) is 0 Å². The molecule has 0 N–H and O–H groups in total. The smallest absolute Gasteiger partial charge is 0.0735 e. The molecule has 0 unspecified atom stereocenters. The summed E-state index contributed by atoms with van der Waals surface area (Å²) in [6, 6.07) is 0. The molecule has 0 saturated carbocycles. The third-order valence-corrected chi connectivity index (χ3v) is 2.03. The van der Waals surface area contributed by atoms with Crippen molar-refractivity contribution in [3.63, 3.8) is 0 Å². The van der Waals surface area contributed by atoms with E-state index >= 15 is 0 Å². The van der Waals surface area contributed by atoms with E-state index in [0.29, 0.717) is 12.0 Å². The van der Waals surface area contributed by atoms with Crippen LogP contribution in [0.5, 0.6) is 0 Å². The number of nitrogens with zero attached hydrogens (tertiary/aromatic N) is 1. The predicted molar refractivity (Wildman–Crippen MR) is 37.5 cm³/mol. The first-order valence-electron chi connectivity index (χ1n) is 3.45. The largest absolute Gasteiger partial charge is 0.380 e. The predicted octanol–water partition coefficient (Wildman–Crippen LogP) is 0.583. The fraction of sp³-hybridized carbons (Fsp3) is 1.00. The minimum Gasteiger partial charge on any atom is -0.380 e. The van der Waals surface area contributed by atoms with Crippen molar-refractivity contribution >= 4 is 0 Å². The molecule has 0 aliphatic carbocycles. The van der Waals surface area contributed by atoms with E-state index in [1.54, 1.807) is 7.11 Å². The van der Waals surface area contributed by atoms with Crippen LogP contribution in [0, 0.1) is 5.92 Å². The average Bonchev–Trinajstić information content (AvgIpc) is 2.10. The van der Waals surface area contributed by atoms with Gasteiger partial charge in [0.1, 0.15) is 0 Å². The molecular formula is C7H15NO. The molecule has 2 atom stereocenters. The van der Waals surface area contributed by atoms with Crippen molar-refractivity contribution in [1.82, 2.24) is 4.90 Å². The van der Waals surface area contributed by atoms with Crippen molar-refractivity contribution in [1.29, 1.82) is 0 Å². The zero-order valence-corrected chi connectivity index (χ0v) is 6.42. The highest BCUT2D eigenvalue weighted by Crippen LogP contribution is 2.16. The van der Waals surface area contributed by atoms with Gasteiger partial charge in [0.15, 0.2) is 0 Å². The Bertz CT molecular complexity index is 94.9. The summed E-state index contributed by atoms with van der Waals surface area (Å²) in [6.07, 6.45) is 0.468. The van der Waals surface area contributed by atoms with E-state index in [1.165, 1.54) is 6.54 Å². The maximum absolute atomic E-state index is 5.25. The Hall–Kier alpha value is -0.0800. The van der Waals surface area contributed by atoms with E-state index in [9.17, 15) is 0 Å². The van der Waals surface area contributed by atoms with E-state index in [-0.39, 0.29) is 0 Å². The monoisotopic (exact) mass is 129 g/mol. The number of ether oxygens (including phenoxy) is 1. The van der Waals surface area contributed by atoms with Gasteiger partial charge in [0.2, 0.25) is 0 Å². The summed E-state index contributed by atoms with van der Waals surface area (Å²) in [7, 11) is 3.93. The Labute approximate surface area is 56.8 Å². The first-order valence-corrected chi connectivity index (χ1v) is 3.45. The second-order valence-corrected chi connectivity index (χ2v) is 2.97. The highest BCUT2D eigenvalue weighted by atomic mass is 16.5. The first kappa shape index (κ1) is 7.03. The van der Waals surface area contributed by atoms with Gasteiger partial charge in [-0.05, 0) is 13.0 Å². The topological polar surface area (TPSA) is 12.5 Å². The van der Waals surface area contributed by atoms with E-state index < -0.39 is 0 Å². The number of rotatable bonds is 1. The van der Waals surface area contributed by atoms with Crippen LogP contribution >= 0.6 is 0 Å². The lowest BCUT2D eigenvalue weighted by Crippen LogP contribution is -2.19. The number of likely N-dealkylation sites (tertiary alicyclic amines) is 1. The Balaban J connectivity index is 2.38. The maximum atomic E-state index is 5.25. The number of hydrogen-bond donors (Lipinski definition) is 0. The van der Waals surface area contributed by atoms with Crippen molar-refractivity contribution < 1.29 is 4.74 Å². The zero-order valence-electron chi connectivity index (χ0n) is 6.42. The summed E-state index contributed by atoms with van der Waals surface area (Å²) in [4.78, 5) is 2.30. The molecule has 0 radical (unpaired) electrons. The molecule has 1 saturated heterocycles. The molecule has 9 heavy (non-hydrogen) atoms. The molecule has 0 spiro atoms. The SMILES string of the molecule is CO[C@@H]1CN(C)C[C@@H]1C. The van der Waals surface area contributed by atoms with Gasteiger partial charge in [-0.3, -0.25) is 0 Å².